The minimum atomic E-state index is -1.01. The normalized spacial score (nSPS) is 11.0. The third-order valence-corrected chi connectivity index (χ3v) is 4.84. The fourth-order valence-corrected chi connectivity index (χ4v) is 3.32. The van der Waals surface area contributed by atoms with E-state index in [4.69, 9.17) is 16.3 Å². The van der Waals surface area contributed by atoms with Crippen LogP contribution in [0.4, 0.5) is 10.6 Å². The van der Waals surface area contributed by atoms with Gasteiger partial charge in [0.2, 0.25) is 0 Å². The van der Waals surface area contributed by atoms with Crippen molar-refractivity contribution >= 4 is 23.5 Å². The molecular formula is C23H26ClN3O3. The number of hydrogen-bond donors (Lipinski definition) is 1. The van der Waals surface area contributed by atoms with E-state index in [0.717, 1.165) is 22.6 Å². The second-order valence-corrected chi connectivity index (χ2v) is 8.05. The summed E-state index contributed by atoms with van der Waals surface area (Å²) < 4.78 is 7.80. The van der Waals surface area contributed by atoms with Crippen LogP contribution in [0.15, 0.2) is 54.6 Å². The number of carboxylic acid groups (broad SMARTS) is 1. The Kier molecular flexibility index (Phi) is 7.00. The molecule has 3 rings (SSSR count). The lowest BCUT2D eigenvalue weighted by Gasteiger charge is -2.18. The molecule has 0 radical (unpaired) electrons. The van der Waals surface area contributed by atoms with Gasteiger partial charge in [0.1, 0.15) is 12.4 Å². The molecule has 0 fully saturated rings. The van der Waals surface area contributed by atoms with Crippen molar-refractivity contribution in [1.29, 1.82) is 0 Å². The Labute approximate surface area is 181 Å². The molecule has 158 valence electrons. The van der Waals surface area contributed by atoms with Gasteiger partial charge in [0, 0.05) is 28.9 Å². The van der Waals surface area contributed by atoms with Crippen molar-refractivity contribution in [3.05, 3.63) is 76.4 Å². The summed E-state index contributed by atoms with van der Waals surface area (Å²) in [6.07, 6.45) is -1.01. The monoisotopic (exact) mass is 427 g/mol. The summed E-state index contributed by atoms with van der Waals surface area (Å²) in [6.45, 7) is 7.10. The van der Waals surface area contributed by atoms with Crippen LogP contribution in [-0.2, 0) is 13.2 Å². The van der Waals surface area contributed by atoms with Gasteiger partial charge >= 0.3 is 6.09 Å². The fourth-order valence-electron chi connectivity index (χ4n) is 3.13. The average molecular weight is 428 g/mol. The van der Waals surface area contributed by atoms with Gasteiger partial charge in [0.05, 0.1) is 6.54 Å². The van der Waals surface area contributed by atoms with Crippen molar-refractivity contribution in [2.45, 2.75) is 33.9 Å². The number of rotatable bonds is 8. The van der Waals surface area contributed by atoms with E-state index < -0.39 is 6.09 Å². The summed E-state index contributed by atoms with van der Waals surface area (Å²) in [6, 6.07) is 17.2. The molecule has 7 heteroatoms. The zero-order valence-electron chi connectivity index (χ0n) is 17.4. The van der Waals surface area contributed by atoms with E-state index in [2.05, 4.69) is 5.10 Å². The maximum Gasteiger partial charge on any atom is 0.413 e. The summed E-state index contributed by atoms with van der Waals surface area (Å²) >= 11 is 6.22. The Morgan fingerprint density at radius 3 is 2.60 bits per heavy atom. The Morgan fingerprint density at radius 1 is 1.20 bits per heavy atom. The van der Waals surface area contributed by atoms with Crippen molar-refractivity contribution in [2.75, 3.05) is 11.4 Å². The number of hydrogen-bond acceptors (Lipinski definition) is 3. The molecule has 3 aromatic rings. The van der Waals surface area contributed by atoms with E-state index in [0.29, 0.717) is 30.5 Å². The number of halogens is 1. The highest BCUT2D eigenvalue weighted by Crippen LogP contribution is 2.26. The molecule has 0 aliphatic carbocycles. The highest BCUT2D eigenvalue weighted by molar-refractivity contribution is 6.30. The molecule has 1 aromatic heterocycles. The fraction of sp³-hybridized carbons (Fsp3) is 0.304. The van der Waals surface area contributed by atoms with Gasteiger partial charge in [-0.25, -0.2) is 4.79 Å². The first-order valence-corrected chi connectivity index (χ1v) is 10.2. The predicted octanol–water partition coefficient (Wildman–Crippen LogP) is 5.61. The van der Waals surface area contributed by atoms with Gasteiger partial charge in [0.15, 0.2) is 5.82 Å². The predicted molar refractivity (Wildman–Crippen MR) is 119 cm³/mol. The minimum absolute atomic E-state index is 0.192. The second-order valence-electron chi connectivity index (χ2n) is 7.61. The molecule has 0 aliphatic heterocycles. The van der Waals surface area contributed by atoms with Crippen LogP contribution >= 0.6 is 11.6 Å². The Morgan fingerprint density at radius 2 is 1.93 bits per heavy atom. The van der Waals surface area contributed by atoms with E-state index in [-0.39, 0.29) is 5.92 Å². The van der Waals surface area contributed by atoms with Crippen LogP contribution in [0.3, 0.4) is 0 Å². The molecule has 1 N–H and O–H groups in total. The third-order valence-electron chi connectivity index (χ3n) is 4.60. The van der Waals surface area contributed by atoms with Gasteiger partial charge in [-0.1, -0.05) is 55.8 Å². The van der Waals surface area contributed by atoms with E-state index in [1.165, 1.54) is 4.90 Å². The van der Waals surface area contributed by atoms with E-state index in [9.17, 15) is 9.90 Å². The Bertz CT molecular complexity index is 1000. The van der Waals surface area contributed by atoms with Gasteiger partial charge in [-0.05, 0) is 36.6 Å². The minimum Gasteiger partial charge on any atom is -0.489 e. The highest BCUT2D eigenvalue weighted by atomic mass is 35.5. The number of benzene rings is 2. The summed E-state index contributed by atoms with van der Waals surface area (Å²) in [5, 5.41) is 14.7. The molecule has 0 bridgehead atoms. The van der Waals surface area contributed by atoms with Gasteiger partial charge in [-0.15, -0.1) is 0 Å². The third kappa shape index (κ3) is 5.54. The molecule has 1 heterocycles. The van der Waals surface area contributed by atoms with Gasteiger partial charge in [0.25, 0.3) is 0 Å². The summed E-state index contributed by atoms with van der Waals surface area (Å²) in [4.78, 5) is 12.9. The Balaban J connectivity index is 1.83. The van der Waals surface area contributed by atoms with Crippen molar-refractivity contribution in [3.63, 3.8) is 0 Å². The lowest BCUT2D eigenvalue weighted by atomic mass is 10.2. The molecule has 6 nitrogen and oxygen atoms in total. The molecule has 2 aromatic carbocycles. The first-order chi connectivity index (χ1) is 14.3. The maximum atomic E-state index is 11.7. The number of amides is 1. The molecule has 1 amide bonds. The van der Waals surface area contributed by atoms with Crippen molar-refractivity contribution in [2.24, 2.45) is 5.92 Å². The van der Waals surface area contributed by atoms with Crippen molar-refractivity contribution in [3.8, 4) is 5.75 Å². The van der Waals surface area contributed by atoms with Crippen LogP contribution in [0.2, 0.25) is 5.02 Å². The van der Waals surface area contributed by atoms with Crippen molar-refractivity contribution in [1.82, 2.24) is 9.78 Å². The van der Waals surface area contributed by atoms with Gasteiger partial charge in [-0.2, -0.15) is 5.10 Å². The van der Waals surface area contributed by atoms with E-state index in [1.807, 2.05) is 63.2 Å². The Hall–Kier alpha value is -2.99. The summed E-state index contributed by atoms with van der Waals surface area (Å²) in [5.74, 6) is 1.33. The quantitative estimate of drug-likeness (QED) is 0.507. The summed E-state index contributed by atoms with van der Waals surface area (Å²) in [5.41, 5.74) is 2.80. The lowest BCUT2D eigenvalue weighted by molar-refractivity contribution is 0.200. The standard InChI is InChI=1S/C23H26ClN3O3/c1-16(2)13-26(23(28)29)22-11-17(3)27(25-22)14-19-12-20(24)9-10-21(19)30-15-18-7-5-4-6-8-18/h4-12,16H,13-15H2,1-3H3,(H,28,29). The van der Waals surface area contributed by atoms with E-state index >= 15 is 0 Å². The van der Waals surface area contributed by atoms with Gasteiger partial charge < -0.3 is 9.84 Å². The number of aryl methyl sites for hydroxylation is 1. The molecule has 0 saturated heterocycles. The topological polar surface area (TPSA) is 67.6 Å². The first-order valence-electron chi connectivity index (χ1n) is 9.83. The van der Waals surface area contributed by atoms with Crippen LogP contribution in [0.25, 0.3) is 0 Å². The zero-order valence-corrected chi connectivity index (χ0v) is 18.1. The number of anilines is 1. The number of ether oxygens (including phenoxy) is 1. The zero-order chi connectivity index (χ0) is 21.7. The first kappa shape index (κ1) is 21.7. The largest absolute Gasteiger partial charge is 0.489 e. The van der Waals surface area contributed by atoms with Gasteiger partial charge in [-0.3, -0.25) is 9.58 Å². The molecule has 0 unspecified atom stereocenters. The SMILES string of the molecule is Cc1cc(N(CC(C)C)C(=O)O)nn1Cc1cc(Cl)ccc1OCc1ccccc1. The van der Waals surface area contributed by atoms with Crippen LogP contribution < -0.4 is 9.64 Å². The molecule has 30 heavy (non-hydrogen) atoms. The highest BCUT2D eigenvalue weighted by Gasteiger charge is 2.20. The molecule has 0 saturated carbocycles. The number of nitrogens with zero attached hydrogens (tertiary/aromatic N) is 3. The number of aromatic nitrogens is 2. The van der Waals surface area contributed by atoms with Crippen molar-refractivity contribution < 1.29 is 14.6 Å². The number of carbonyl (C=O) groups is 1. The van der Waals surface area contributed by atoms with Crippen LogP contribution in [-0.4, -0.2) is 27.5 Å². The molecule has 0 aliphatic rings. The van der Waals surface area contributed by atoms with Crippen LogP contribution in [0, 0.1) is 12.8 Å². The van der Waals surface area contributed by atoms with Crippen LogP contribution in [0.1, 0.15) is 30.7 Å². The molecule has 0 atom stereocenters. The summed E-state index contributed by atoms with van der Waals surface area (Å²) in [7, 11) is 0. The lowest BCUT2D eigenvalue weighted by Crippen LogP contribution is -2.33. The smallest absolute Gasteiger partial charge is 0.413 e. The average Bonchev–Trinajstić information content (AvgIpc) is 3.06. The van der Waals surface area contributed by atoms with Crippen LogP contribution in [0.5, 0.6) is 5.75 Å². The van der Waals surface area contributed by atoms with E-state index in [1.54, 1.807) is 16.8 Å². The molecule has 0 spiro atoms. The maximum absolute atomic E-state index is 11.7. The second kappa shape index (κ2) is 9.67. The molecular weight excluding hydrogens is 402 g/mol.